The smallest absolute Gasteiger partial charge is 0.184 e. The van der Waals surface area contributed by atoms with Crippen LogP contribution in [-0.4, -0.2) is 8.42 Å². The predicted molar refractivity (Wildman–Crippen MR) is 80.6 cm³/mol. The molecule has 2 aromatic carbocycles. The summed E-state index contributed by atoms with van der Waals surface area (Å²) in [6.07, 6.45) is 0. The summed E-state index contributed by atoms with van der Waals surface area (Å²) < 4.78 is 38.5. The highest BCUT2D eigenvalue weighted by molar-refractivity contribution is 9.10. The molecular formula is C14H13BrFNO2S. The van der Waals surface area contributed by atoms with Crippen LogP contribution in [0.2, 0.25) is 0 Å². The van der Waals surface area contributed by atoms with Gasteiger partial charge in [-0.1, -0.05) is 22.0 Å². The molecule has 0 bridgehead atoms. The first-order valence-corrected chi connectivity index (χ1v) is 8.27. The molecule has 0 saturated heterocycles. The molecule has 2 aromatic rings. The van der Waals surface area contributed by atoms with Gasteiger partial charge in [0.1, 0.15) is 5.82 Å². The van der Waals surface area contributed by atoms with Gasteiger partial charge in [0.25, 0.3) is 0 Å². The van der Waals surface area contributed by atoms with Crippen LogP contribution in [0.4, 0.5) is 10.1 Å². The summed E-state index contributed by atoms with van der Waals surface area (Å²) in [5.74, 6) is -0.592. The molecule has 20 heavy (non-hydrogen) atoms. The fraction of sp³-hybridized carbons (Fsp3) is 0.143. The topological polar surface area (TPSA) is 60.2 Å². The SMILES string of the molecule is Cc1cc(F)ccc1CS(=O)(=O)c1cc(Br)ccc1N. The first-order chi connectivity index (χ1) is 9.29. The lowest BCUT2D eigenvalue weighted by Crippen LogP contribution is -2.09. The van der Waals surface area contributed by atoms with Gasteiger partial charge in [-0.25, -0.2) is 12.8 Å². The van der Waals surface area contributed by atoms with E-state index in [9.17, 15) is 12.8 Å². The fourth-order valence-corrected chi connectivity index (χ4v) is 4.02. The molecule has 2 N–H and O–H groups in total. The van der Waals surface area contributed by atoms with E-state index in [1.165, 1.54) is 30.3 Å². The van der Waals surface area contributed by atoms with Crippen molar-refractivity contribution >= 4 is 31.5 Å². The maximum Gasteiger partial charge on any atom is 0.184 e. The minimum absolute atomic E-state index is 0.0793. The van der Waals surface area contributed by atoms with Crippen LogP contribution in [0.15, 0.2) is 45.8 Å². The molecule has 106 valence electrons. The van der Waals surface area contributed by atoms with E-state index in [0.29, 0.717) is 15.6 Å². The van der Waals surface area contributed by atoms with Crippen molar-refractivity contribution in [2.75, 3.05) is 5.73 Å². The standard InChI is InChI=1S/C14H13BrFNO2S/c1-9-6-12(16)4-2-10(9)8-20(18,19)14-7-11(15)3-5-13(14)17/h2-7H,8,17H2,1H3. The van der Waals surface area contributed by atoms with Gasteiger partial charge >= 0.3 is 0 Å². The van der Waals surface area contributed by atoms with E-state index >= 15 is 0 Å². The zero-order chi connectivity index (χ0) is 14.9. The molecular weight excluding hydrogens is 345 g/mol. The van der Waals surface area contributed by atoms with Gasteiger partial charge in [-0.15, -0.1) is 0 Å². The molecule has 0 atom stereocenters. The van der Waals surface area contributed by atoms with Gasteiger partial charge in [0.2, 0.25) is 0 Å². The van der Waals surface area contributed by atoms with E-state index in [2.05, 4.69) is 15.9 Å². The highest BCUT2D eigenvalue weighted by Gasteiger charge is 2.20. The number of benzene rings is 2. The van der Waals surface area contributed by atoms with Gasteiger partial charge in [0.15, 0.2) is 9.84 Å². The molecule has 6 heteroatoms. The first kappa shape index (κ1) is 15.0. The van der Waals surface area contributed by atoms with Crippen LogP contribution in [0.1, 0.15) is 11.1 Å². The predicted octanol–water partition coefficient (Wildman–Crippen LogP) is 3.45. The van der Waals surface area contributed by atoms with E-state index in [4.69, 9.17) is 5.73 Å². The molecule has 0 radical (unpaired) electrons. The van der Waals surface area contributed by atoms with Crippen molar-refractivity contribution in [3.05, 3.63) is 57.8 Å². The number of hydrogen-bond donors (Lipinski definition) is 1. The lowest BCUT2D eigenvalue weighted by molar-refractivity contribution is 0.595. The number of nitrogens with two attached hydrogens (primary N) is 1. The fourth-order valence-electron chi connectivity index (χ4n) is 1.88. The summed E-state index contributed by atoms with van der Waals surface area (Å²) in [6, 6.07) is 8.74. The van der Waals surface area contributed by atoms with E-state index < -0.39 is 9.84 Å². The van der Waals surface area contributed by atoms with Gasteiger partial charge in [-0.3, -0.25) is 0 Å². The third kappa shape index (κ3) is 3.19. The molecule has 0 unspecified atom stereocenters. The Morgan fingerprint density at radius 2 is 1.90 bits per heavy atom. The van der Waals surface area contributed by atoms with Crippen LogP contribution in [0, 0.1) is 12.7 Å². The summed E-state index contributed by atoms with van der Waals surface area (Å²) in [5.41, 5.74) is 7.09. The van der Waals surface area contributed by atoms with Crippen LogP contribution < -0.4 is 5.73 Å². The molecule has 0 spiro atoms. The lowest BCUT2D eigenvalue weighted by Gasteiger charge is -2.10. The van der Waals surface area contributed by atoms with Gasteiger partial charge in [0, 0.05) is 4.47 Å². The highest BCUT2D eigenvalue weighted by atomic mass is 79.9. The van der Waals surface area contributed by atoms with Crippen LogP contribution in [0.25, 0.3) is 0 Å². The minimum Gasteiger partial charge on any atom is -0.398 e. The van der Waals surface area contributed by atoms with Crippen LogP contribution in [0.3, 0.4) is 0 Å². The summed E-state index contributed by atoms with van der Waals surface area (Å²) in [4.78, 5) is 0.0793. The maximum atomic E-state index is 13.0. The van der Waals surface area contributed by atoms with Crippen molar-refractivity contribution in [2.24, 2.45) is 0 Å². The molecule has 0 saturated carbocycles. The van der Waals surface area contributed by atoms with E-state index in [-0.39, 0.29) is 22.2 Å². The normalized spacial score (nSPS) is 11.6. The Hall–Kier alpha value is -1.40. The summed E-state index contributed by atoms with van der Waals surface area (Å²) in [6.45, 7) is 1.68. The Morgan fingerprint density at radius 1 is 1.20 bits per heavy atom. The van der Waals surface area contributed by atoms with E-state index in [1.54, 1.807) is 13.0 Å². The third-order valence-corrected chi connectivity index (χ3v) is 5.17. The number of sulfone groups is 1. The summed E-state index contributed by atoms with van der Waals surface area (Å²) in [5, 5.41) is 0. The second-order valence-electron chi connectivity index (χ2n) is 4.51. The quantitative estimate of drug-likeness (QED) is 0.855. The van der Waals surface area contributed by atoms with Crippen molar-refractivity contribution in [1.82, 2.24) is 0 Å². The number of nitrogen functional groups attached to an aromatic ring is 1. The van der Waals surface area contributed by atoms with Crippen molar-refractivity contribution in [1.29, 1.82) is 0 Å². The van der Waals surface area contributed by atoms with Crippen molar-refractivity contribution in [2.45, 2.75) is 17.6 Å². The number of hydrogen-bond acceptors (Lipinski definition) is 3. The molecule has 0 aliphatic heterocycles. The largest absolute Gasteiger partial charge is 0.398 e. The van der Waals surface area contributed by atoms with Crippen molar-refractivity contribution < 1.29 is 12.8 Å². The van der Waals surface area contributed by atoms with E-state index in [1.807, 2.05) is 0 Å². The van der Waals surface area contributed by atoms with Crippen LogP contribution in [0.5, 0.6) is 0 Å². The van der Waals surface area contributed by atoms with Gasteiger partial charge in [0.05, 0.1) is 16.3 Å². The second-order valence-corrected chi connectivity index (χ2v) is 7.39. The molecule has 0 amide bonds. The molecule has 0 aliphatic carbocycles. The Bertz CT molecular complexity index is 760. The monoisotopic (exact) mass is 357 g/mol. The Kier molecular flexibility index (Phi) is 4.15. The maximum absolute atomic E-state index is 13.0. The molecule has 3 nitrogen and oxygen atoms in total. The lowest BCUT2D eigenvalue weighted by atomic mass is 10.1. The highest BCUT2D eigenvalue weighted by Crippen LogP contribution is 2.27. The van der Waals surface area contributed by atoms with Gasteiger partial charge in [-0.05, 0) is 48.4 Å². The molecule has 0 heterocycles. The number of aryl methyl sites for hydroxylation is 1. The Balaban J connectivity index is 2.43. The molecule has 0 aromatic heterocycles. The van der Waals surface area contributed by atoms with E-state index in [0.717, 1.165) is 0 Å². The van der Waals surface area contributed by atoms with Crippen molar-refractivity contribution in [3.8, 4) is 0 Å². The molecule has 2 rings (SSSR count). The summed E-state index contributed by atoms with van der Waals surface area (Å²) in [7, 11) is -3.58. The van der Waals surface area contributed by atoms with Gasteiger partial charge in [-0.2, -0.15) is 0 Å². The Labute approximate surface area is 125 Å². The average Bonchev–Trinajstić information content (AvgIpc) is 2.35. The molecule has 0 fully saturated rings. The average molecular weight is 358 g/mol. The zero-order valence-corrected chi connectivity index (χ0v) is 13.1. The number of anilines is 1. The third-order valence-electron chi connectivity index (χ3n) is 2.96. The summed E-state index contributed by atoms with van der Waals surface area (Å²) >= 11 is 3.23. The van der Waals surface area contributed by atoms with Crippen LogP contribution in [-0.2, 0) is 15.6 Å². The number of rotatable bonds is 3. The van der Waals surface area contributed by atoms with Crippen molar-refractivity contribution in [3.63, 3.8) is 0 Å². The van der Waals surface area contributed by atoms with Crippen LogP contribution >= 0.6 is 15.9 Å². The molecule has 0 aliphatic rings. The second kappa shape index (κ2) is 5.54. The number of halogens is 2. The van der Waals surface area contributed by atoms with Gasteiger partial charge < -0.3 is 5.73 Å². The zero-order valence-electron chi connectivity index (χ0n) is 10.7. The Morgan fingerprint density at radius 3 is 2.55 bits per heavy atom. The first-order valence-electron chi connectivity index (χ1n) is 5.82. The minimum atomic E-state index is -3.58.